The van der Waals surface area contributed by atoms with Crippen molar-refractivity contribution in [3.63, 3.8) is 0 Å². The smallest absolute Gasteiger partial charge is 0.0264 e. The number of rotatable bonds is 4. The summed E-state index contributed by atoms with van der Waals surface area (Å²) in [4.78, 5) is 5.54. The molecule has 18 heavy (non-hydrogen) atoms. The molecule has 3 heteroatoms. The van der Waals surface area contributed by atoms with E-state index in [1.807, 2.05) is 0 Å². The molecule has 3 rings (SSSR count). The molecule has 3 nitrogen and oxygen atoms in total. The second kappa shape index (κ2) is 5.89. The number of hydrogen-bond acceptors (Lipinski definition) is 3. The molecule has 0 saturated carbocycles. The third-order valence-electron chi connectivity index (χ3n) is 5.31. The fraction of sp³-hybridized carbons (Fsp3) is 1.00. The molecule has 104 valence electrons. The van der Waals surface area contributed by atoms with E-state index in [0.717, 1.165) is 18.1 Å². The fourth-order valence-corrected chi connectivity index (χ4v) is 4.34. The van der Waals surface area contributed by atoms with Gasteiger partial charge in [-0.25, -0.2) is 0 Å². The molecule has 0 aromatic carbocycles. The Labute approximate surface area is 112 Å². The standard InChI is InChI=1S/C15H29N3/c1-2-17(12-13-6-5-9-16-13)15-8-11-18-10-4-3-7-14(15)18/h13-16H,2-12H2,1H3. The van der Waals surface area contributed by atoms with Gasteiger partial charge < -0.3 is 5.32 Å². The minimum absolute atomic E-state index is 0.766. The summed E-state index contributed by atoms with van der Waals surface area (Å²) in [6, 6.07) is 2.49. The SMILES string of the molecule is CCN(CC1CCCN1)C1CCN2CCCCC12. The van der Waals surface area contributed by atoms with E-state index in [9.17, 15) is 0 Å². The molecule has 0 bridgehead atoms. The third kappa shape index (κ3) is 2.59. The molecule has 3 heterocycles. The van der Waals surface area contributed by atoms with Gasteiger partial charge in [0, 0.05) is 31.2 Å². The van der Waals surface area contributed by atoms with Gasteiger partial charge in [0.15, 0.2) is 0 Å². The maximum atomic E-state index is 3.66. The second-order valence-corrected chi connectivity index (χ2v) is 6.34. The highest BCUT2D eigenvalue weighted by molar-refractivity contribution is 4.96. The van der Waals surface area contributed by atoms with Gasteiger partial charge in [-0.15, -0.1) is 0 Å². The van der Waals surface area contributed by atoms with Crippen molar-refractivity contribution in [2.45, 2.75) is 63.6 Å². The lowest BCUT2D eigenvalue weighted by molar-refractivity contribution is 0.111. The minimum Gasteiger partial charge on any atom is -0.313 e. The number of likely N-dealkylation sites (N-methyl/N-ethyl adjacent to an activating group) is 1. The van der Waals surface area contributed by atoms with Crippen LogP contribution in [0.15, 0.2) is 0 Å². The molecule has 3 aliphatic heterocycles. The largest absolute Gasteiger partial charge is 0.313 e. The lowest BCUT2D eigenvalue weighted by atomic mass is 9.97. The van der Waals surface area contributed by atoms with Gasteiger partial charge in [-0.3, -0.25) is 9.80 Å². The number of piperidine rings is 1. The molecule has 0 aliphatic carbocycles. The Morgan fingerprint density at radius 3 is 2.83 bits per heavy atom. The molecule has 3 aliphatic rings. The van der Waals surface area contributed by atoms with E-state index in [4.69, 9.17) is 0 Å². The van der Waals surface area contributed by atoms with Gasteiger partial charge in [-0.1, -0.05) is 13.3 Å². The summed E-state index contributed by atoms with van der Waals surface area (Å²) >= 11 is 0. The summed E-state index contributed by atoms with van der Waals surface area (Å²) in [6.07, 6.45) is 8.50. The highest BCUT2D eigenvalue weighted by Gasteiger charge is 2.38. The van der Waals surface area contributed by atoms with Crippen molar-refractivity contribution in [1.29, 1.82) is 0 Å². The molecule has 3 saturated heterocycles. The normalized spacial score (nSPS) is 37.3. The van der Waals surface area contributed by atoms with E-state index in [0.29, 0.717) is 0 Å². The highest BCUT2D eigenvalue weighted by atomic mass is 15.3. The summed E-state index contributed by atoms with van der Waals surface area (Å²) < 4.78 is 0. The van der Waals surface area contributed by atoms with Gasteiger partial charge in [0.2, 0.25) is 0 Å². The number of fused-ring (bicyclic) bond motifs is 1. The van der Waals surface area contributed by atoms with Crippen molar-refractivity contribution in [3.8, 4) is 0 Å². The quantitative estimate of drug-likeness (QED) is 0.820. The zero-order valence-corrected chi connectivity index (χ0v) is 11.9. The molecular weight excluding hydrogens is 222 g/mol. The molecule has 0 radical (unpaired) electrons. The van der Waals surface area contributed by atoms with E-state index < -0.39 is 0 Å². The van der Waals surface area contributed by atoms with E-state index in [-0.39, 0.29) is 0 Å². The van der Waals surface area contributed by atoms with Crippen molar-refractivity contribution in [3.05, 3.63) is 0 Å². The highest BCUT2D eigenvalue weighted by Crippen LogP contribution is 2.30. The van der Waals surface area contributed by atoms with Gasteiger partial charge in [0.05, 0.1) is 0 Å². The number of nitrogens with zero attached hydrogens (tertiary/aromatic N) is 2. The molecule has 0 aromatic heterocycles. The zero-order valence-electron chi connectivity index (χ0n) is 11.9. The fourth-order valence-electron chi connectivity index (χ4n) is 4.34. The molecule has 0 amide bonds. The Hall–Kier alpha value is -0.120. The van der Waals surface area contributed by atoms with E-state index in [1.54, 1.807) is 0 Å². The monoisotopic (exact) mass is 251 g/mol. The summed E-state index contributed by atoms with van der Waals surface area (Å²) in [6.45, 7) is 8.81. The molecule has 3 atom stereocenters. The van der Waals surface area contributed by atoms with Crippen molar-refractivity contribution < 1.29 is 0 Å². The van der Waals surface area contributed by atoms with Crippen molar-refractivity contribution in [2.75, 3.05) is 32.7 Å². The second-order valence-electron chi connectivity index (χ2n) is 6.34. The maximum absolute atomic E-state index is 3.66. The Bertz CT molecular complexity index is 262. The molecule has 3 fully saturated rings. The summed E-state index contributed by atoms with van der Waals surface area (Å²) in [7, 11) is 0. The van der Waals surface area contributed by atoms with Crippen LogP contribution in [0, 0.1) is 0 Å². The van der Waals surface area contributed by atoms with Crippen molar-refractivity contribution in [2.24, 2.45) is 0 Å². The topological polar surface area (TPSA) is 18.5 Å². The van der Waals surface area contributed by atoms with Gasteiger partial charge in [-0.2, -0.15) is 0 Å². The van der Waals surface area contributed by atoms with Crippen LogP contribution in [-0.4, -0.2) is 60.6 Å². The van der Waals surface area contributed by atoms with Crippen LogP contribution in [0.5, 0.6) is 0 Å². The van der Waals surface area contributed by atoms with Crippen LogP contribution < -0.4 is 5.32 Å². The molecule has 3 unspecified atom stereocenters. The van der Waals surface area contributed by atoms with Crippen molar-refractivity contribution >= 4 is 0 Å². The lowest BCUT2D eigenvalue weighted by Gasteiger charge is -2.38. The van der Waals surface area contributed by atoms with Crippen LogP contribution in [0.25, 0.3) is 0 Å². The maximum Gasteiger partial charge on any atom is 0.0264 e. The summed E-state index contributed by atoms with van der Waals surface area (Å²) in [5.74, 6) is 0. The Kier molecular flexibility index (Phi) is 4.22. The molecule has 0 spiro atoms. The van der Waals surface area contributed by atoms with Gasteiger partial charge in [-0.05, 0) is 51.7 Å². The number of nitrogens with one attached hydrogen (secondary N) is 1. The van der Waals surface area contributed by atoms with E-state index >= 15 is 0 Å². The summed E-state index contributed by atoms with van der Waals surface area (Å²) in [5.41, 5.74) is 0. The van der Waals surface area contributed by atoms with Crippen LogP contribution >= 0.6 is 0 Å². The third-order valence-corrected chi connectivity index (χ3v) is 5.31. The Morgan fingerprint density at radius 1 is 1.11 bits per heavy atom. The predicted molar refractivity (Wildman–Crippen MR) is 75.9 cm³/mol. The molecule has 0 aromatic rings. The van der Waals surface area contributed by atoms with Crippen LogP contribution in [-0.2, 0) is 0 Å². The summed E-state index contributed by atoms with van der Waals surface area (Å²) in [5, 5.41) is 3.66. The van der Waals surface area contributed by atoms with Crippen molar-refractivity contribution in [1.82, 2.24) is 15.1 Å². The van der Waals surface area contributed by atoms with Gasteiger partial charge in [0.1, 0.15) is 0 Å². The first-order valence-electron chi connectivity index (χ1n) is 8.10. The number of hydrogen-bond donors (Lipinski definition) is 1. The molecular formula is C15H29N3. The van der Waals surface area contributed by atoms with Crippen LogP contribution in [0.4, 0.5) is 0 Å². The predicted octanol–water partition coefficient (Wildman–Crippen LogP) is 1.69. The van der Waals surface area contributed by atoms with Crippen LogP contribution in [0.1, 0.15) is 45.4 Å². The van der Waals surface area contributed by atoms with E-state index in [1.165, 1.54) is 71.2 Å². The average molecular weight is 251 g/mol. The zero-order chi connectivity index (χ0) is 12.4. The Morgan fingerprint density at radius 2 is 2.06 bits per heavy atom. The lowest BCUT2D eigenvalue weighted by Crippen LogP contribution is -2.50. The van der Waals surface area contributed by atoms with Crippen LogP contribution in [0.2, 0.25) is 0 Å². The Balaban J connectivity index is 1.60. The molecule has 1 N–H and O–H groups in total. The first kappa shape index (κ1) is 12.9. The average Bonchev–Trinajstić information content (AvgIpc) is 3.05. The minimum atomic E-state index is 0.766. The van der Waals surface area contributed by atoms with Crippen LogP contribution in [0.3, 0.4) is 0 Å². The van der Waals surface area contributed by atoms with Gasteiger partial charge >= 0.3 is 0 Å². The first-order valence-corrected chi connectivity index (χ1v) is 8.10. The first-order chi connectivity index (χ1) is 8.88. The van der Waals surface area contributed by atoms with E-state index in [2.05, 4.69) is 22.0 Å². The van der Waals surface area contributed by atoms with Gasteiger partial charge in [0.25, 0.3) is 0 Å².